The molecule has 0 radical (unpaired) electrons. The minimum Gasteiger partial charge on any atom is -0.481 e. The van der Waals surface area contributed by atoms with Gasteiger partial charge in [0.15, 0.2) is 0 Å². The number of carbonyl (C=O) groups excluding carboxylic acids is 1. The van der Waals surface area contributed by atoms with Crippen LogP contribution in [-0.2, 0) is 16.0 Å². The van der Waals surface area contributed by atoms with Gasteiger partial charge in [0.2, 0.25) is 11.8 Å². The first kappa shape index (κ1) is 16.3. The van der Waals surface area contributed by atoms with Crippen molar-refractivity contribution in [3.05, 3.63) is 28.3 Å². The molecule has 2 atom stereocenters. The first-order chi connectivity index (χ1) is 12.0. The maximum atomic E-state index is 12.7. The van der Waals surface area contributed by atoms with E-state index in [1.807, 2.05) is 23.8 Å². The fourth-order valence-corrected chi connectivity index (χ4v) is 4.28. The summed E-state index contributed by atoms with van der Waals surface area (Å²) in [6.45, 7) is 2.67. The van der Waals surface area contributed by atoms with E-state index < -0.39 is 11.9 Å². The molecule has 0 bridgehead atoms. The lowest BCUT2D eigenvalue weighted by Gasteiger charge is -2.15. The van der Waals surface area contributed by atoms with Crippen molar-refractivity contribution in [3.8, 4) is 11.5 Å². The van der Waals surface area contributed by atoms with Crippen LogP contribution in [0.5, 0.6) is 0 Å². The summed E-state index contributed by atoms with van der Waals surface area (Å²) in [7, 11) is 0. The maximum absolute atomic E-state index is 12.7. The van der Waals surface area contributed by atoms with Crippen LogP contribution >= 0.6 is 11.3 Å². The van der Waals surface area contributed by atoms with Gasteiger partial charge in [-0.3, -0.25) is 9.59 Å². The van der Waals surface area contributed by atoms with Crippen molar-refractivity contribution >= 4 is 23.2 Å². The molecule has 7 heteroatoms. The molecule has 2 aromatic heterocycles. The van der Waals surface area contributed by atoms with E-state index in [-0.39, 0.29) is 18.2 Å². The Kier molecular flexibility index (Phi) is 4.11. The molecule has 1 aliphatic carbocycles. The van der Waals surface area contributed by atoms with E-state index in [4.69, 9.17) is 4.42 Å². The second-order valence-electron chi connectivity index (χ2n) is 6.96. The summed E-state index contributed by atoms with van der Waals surface area (Å²) >= 11 is 1.56. The molecule has 1 aliphatic heterocycles. The molecule has 0 aromatic carbocycles. The summed E-state index contributed by atoms with van der Waals surface area (Å²) in [5.74, 6) is 0.451. The number of aryl methyl sites for hydroxylation is 1. The Morgan fingerprint density at radius 3 is 2.84 bits per heavy atom. The summed E-state index contributed by atoms with van der Waals surface area (Å²) in [6, 6.07) is 1.93. The molecule has 1 amide bonds. The zero-order valence-corrected chi connectivity index (χ0v) is 14.8. The van der Waals surface area contributed by atoms with E-state index in [0.717, 1.165) is 18.4 Å². The molecule has 1 saturated carbocycles. The SMILES string of the molecule is Cc1oc(-c2ccsc2)nc1CC(=O)N1C[C@H](C(=O)O)[C@@H](C2CC2)C1. The normalized spacial score (nSPS) is 23.2. The number of likely N-dealkylation sites (tertiary alicyclic amines) is 1. The smallest absolute Gasteiger partial charge is 0.308 e. The molecular formula is C18H20N2O4S. The summed E-state index contributed by atoms with van der Waals surface area (Å²) in [5.41, 5.74) is 1.54. The molecule has 0 spiro atoms. The van der Waals surface area contributed by atoms with Crippen LogP contribution in [0.15, 0.2) is 21.2 Å². The van der Waals surface area contributed by atoms with E-state index in [0.29, 0.717) is 36.4 Å². The van der Waals surface area contributed by atoms with Crippen molar-refractivity contribution in [2.45, 2.75) is 26.2 Å². The monoisotopic (exact) mass is 360 g/mol. The van der Waals surface area contributed by atoms with E-state index >= 15 is 0 Å². The van der Waals surface area contributed by atoms with Gasteiger partial charge < -0.3 is 14.4 Å². The van der Waals surface area contributed by atoms with Gasteiger partial charge in [-0.1, -0.05) is 0 Å². The van der Waals surface area contributed by atoms with Crippen LogP contribution in [0.1, 0.15) is 24.3 Å². The number of aromatic nitrogens is 1. The number of carbonyl (C=O) groups is 2. The van der Waals surface area contributed by atoms with Crippen molar-refractivity contribution in [2.24, 2.45) is 17.8 Å². The lowest BCUT2D eigenvalue weighted by molar-refractivity contribution is -0.142. The zero-order valence-electron chi connectivity index (χ0n) is 14.0. The molecular weight excluding hydrogens is 340 g/mol. The van der Waals surface area contributed by atoms with Crippen molar-refractivity contribution in [2.75, 3.05) is 13.1 Å². The fourth-order valence-electron chi connectivity index (χ4n) is 3.65. The maximum Gasteiger partial charge on any atom is 0.308 e. The third-order valence-electron chi connectivity index (χ3n) is 5.24. The topological polar surface area (TPSA) is 83.6 Å². The number of hydrogen-bond donors (Lipinski definition) is 1. The number of carboxylic acid groups (broad SMARTS) is 1. The fraction of sp³-hybridized carbons (Fsp3) is 0.500. The van der Waals surface area contributed by atoms with E-state index in [1.165, 1.54) is 0 Å². The van der Waals surface area contributed by atoms with Gasteiger partial charge in [0.05, 0.1) is 18.0 Å². The van der Waals surface area contributed by atoms with Crippen LogP contribution < -0.4 is 0 Å². The molecule has 1 saturated heterocycles. The largest absolute Gasteiger partial charge is 0.481 e. The van der Waals surface area contributed by atoms with Crippen LogP contribution in [0.25, 0.3) is 11.5 Å². The lowest BCUT2D eigenvalue weighted by atomic mass is 9.92. The highest BCUT2D eigenvalue weighted by Crippen LogP contribution is 2.44. The van der Waals surface area contributed by atoms with Crippen molar-refractivity contribution < 1.29 is 19.1 Å². The molecule has 132 valence electrons. The van der Waals surface area contributed by atoms with Crippen molar-refractivity contribution in [1.82, 2.24) is 9.88 Å². The van der Waals surface area contributed by atoms with Gasteiger partial charge in [-0.15, -0.1) is 0 Å². The minimum atomic E-state index is -0.787. The summed E-state index contributed by atoms with van der Waals surface area (Å²) in [4.78, 5) is 30.3. The first-order valence-corrected chi connectivity index (χ1v) is 9.46. The van der Waals surface area contributed by atoms with E-state index in [9.17, 15) is 14.7 Å². The van der Waals surface area contributed by atoms with E-state index in [2.05, 4.69) is 4.98 Å². The summed E-state index contributed by atoms with van der Waals surface area (Å²) < 4.78 is 5.68. The molecule has 2 aliphatic rings. The number of carboxylic acids is 1. The van der Waals surface area contributed by atoms with Gasteiger partial charge >= 0.3 is 5.97 Å². The van der Waals surface area contributed by atoms with Crippen LogP contribution in [0.3, 0.4) is 0 Å². The number of thiophene rings is 1. The average Bonchev–Trinajstić information content (AvgIpc) is 3.01. The molecule has 1 N–H and O–H groups in total. The van der Waals surface area contributed by atoms with Crippen LogP contribution in [0, 0.1) is 24.7 Å². The molecule has 6 nitrogen and oxygen atoms in total. The average molecular weight is 360 g/mol. The van der Waals surface area contributed by atoms with Gasteiger partial charge in [-0.2, -0.15) is 11.3 Å². The summed E-state index contributed by atoms with van der Waals surface area (Å²) in [6.07, 6.45) is 2.33. The van der Waals surface area contributed by atoms with Crippen LogP contribution in [0.2, 0.25) is 0 Å². The molecule has 4 rings (SSSR count). The third-order valence-corrected chi connectivity index (χ3v) is 5.93. The first-order valence-electron chi connectivity index (χ1n) is 8.52. The highest BCUT2D eigenvalue weighted by molar-refractivity contribution is 7.08. The zero-order chi connectivity index (χ0) is 17.6. The molecule has 2 fully saturated rings. The number of oxazole rings is 1. The quantitative estimate of drug-likeness (QED) is 0.886. The van der Waals surface area contributed by atoms with E-state index in [1.54, 1.807) is 16.2 Å². The Balaban J connectivity index is 1.46. The van der Waals surface area contributed by atoms with Crippen molar-refractivity contribution in [3.63, 3.8) is 0 Å². The van der Waals surface area contributed by atoms with Crippen LogP contribution in [0.4, 0.5) is 0 Å². The van der Waals surface area contributed by atoms with Crippen LogP contribution in [-0.4, -0.2) is 40.0 Å². The number of rotatable bonds is 5. The molecule has 2 aromatic rings. The number of nitrogens with zero attached hydrogens (tertiary/aromatic N) is 2. The number of amides is 1. The number of hydrogen-bond acceptors (Lipinski definition) is 5. The highest BCUT2D eigenvalue weighted by Gasteiger charge is 2.46. The van der Waals surface area contributed by atoms with Gasteiger partial charge in [0.1, 0.15) is 5.76 Å². The minimum absolute atomic E-state index is 0.0670. The molecule has 0 unspecified atom stereocenters. The van der Waals surface area contributed by atoms with Gasteiger partial charge in [0, 0.05) is 24.0 Å². The van der Waals surface area contributed by atoms with Gasteiger partial charge in [-0.25, -0.2) is 4.98 Å². The predicted molar refractivity (Wildman–Crippen MR) is 92.2 cm³/mol. The Hall–Kier alpha value is -2.15. The third kappa shape index (κ3) is 3.20. The summed E-state index contributed by atoms with van der Waals surface area (Å²) in [5, 5.41) is 13.3. The Morgan fingerprint density at radius 1 is 1.40 bits per heavy atom. The highest BCUT2D eigenvalue weighted by atomic mass is 32.1. The van der Waals surface area contributed by atoms with Gasteiger partial charge in [-0.05, 0) is 43.0 Å². The second kappa shape index (κ2) is 6.29. The molecule has 3 heterocycles. The van der Waals surface area contributed by atoms with Gasteiger partial charge in [0.25, 0.3) is 0 Å². The standard InChI is InChI=1S/C18H20N2O4S/c1-10-15(19-17(24-10)12-4-5-25-9-12)6-16(21)20-7-13(11-2-3-11)14(8-20)18(22)23/h4-5,9,11,13-14H,2-3,6-8H2,1H3,(H,22,23)/t13-,14+/m1/s1. The number of aliphatic carboxylic acids is 1. The molecule has 25 heavy (non-hydrogen) atoms. The Labute approximate surface area is 149 Å². The second-order valence-corrected chi connectivity index (χ2v) is 7.74. The predicted octanol–water partition coefficient (Wildman–Crippen LogP) is 2.82. The lowest BCUT2D eigenvalue weighted by Crippen LogP contribution is -2.31. The van der Waals surface area contributed by atoms with Crippen molar-refractivity contribution in [1.29, 1.82) is 0 Å². The Morgan fingerprint density at radius 2 is 2.20 bits per heavy atom. The Bertz CT molecular complexity index is 794.